The fourth-order valence-electron chi connectivity index (χ4n) is 2.85. The van der Waals surface area contributed by atoms with E-state index in [4.69, 9.17) is 0 Å². The largest absolute Gasteiger partial charge is 0.416 e. The lowest BCUT2D eigenvalue weighted by molar-refractivity contribution is -0.137. The highest BCUT2D eigenvalue weighted by Gasteiger charge is 2.30. The zero-order valence-electron chi connectivity index (χ0n) is 16.2. The maximum Gasteiger partial charge on any atom is 0.416 e. The Morgan fingerprint density at radius 2 is 1.79 bits per heavy atom. The third-order valence-corrected chi connectivity index (χ3v) is 5.46. The van der Waals surface area contributed by atoms with E-state index in [1.165, 1.54) is 29.5 Å². The molecule has 2 aromatic carbocycles. The first-order valence-corrected chi connectivity index (χ1v) is 9.94. The quantitative estimate of drug-likeness (QED) is 0.327. The molecule has 0 aliphatic carbocycles. The van der Waals surface area contributed by atoms with Crippen molar-refractivity contribution in [3.63, 3.8) is 0 Å². The van der Waals surface area contributed by atoms with Crippen LogP contribution in [0.15, 0.2) is 54.6 Å². The molecule has 0 bridgehead atoms. The van der Waals surface area contributed by atoms with Gasteiger partial charge >= 0.3 is 6.18 Å². The number of halogens is 3. The van der Waals surface area contributed by atoms with Gasteiger partial charge in [-0.2, -0.15) is 13.2 Å². The number of allylic oxidation sites excluding steroid dienone is 1. The number of benzene rings is 2. The van der Waals surface area contributed by atoms with Gasteiger partial charge < -0.3 is 0 Å². The van der Waals surface area contributed by atoms with E-state index in [1.54, 1.807) is 12.1 Å². The van der Waals surface area contributed by atoms with Crippen molar-refractivity contribution in [1.29, 1.82) is 0 Å². The average Bonchev–Trinajstić information content (AvgIpc) is 3.10. The summed E-state index contributed by atoms with van der Waals surface area (Å²) in [6.45, 7) is 5.91. The third kappa shape index (κ3) is 5.01. The zero-order valence-corrected chi connectivity index (χ0v) is 17.1. The predicted molar refractivity (Wildman–Crippen MR) is 111 cm³/mol. The molecule has 3 rings (SSSR count). The number of carbonyl (C=O) groups is 1. The van der Waals surface area contributed by atoms with Crippen LogP contribution in [0.1, 0.15) is 51.8 Å². The number of carbonyl (C=O) groups excluding carboxylic acids is 1. The number of aryl methyl sites for hydroxylation is 1. The third-order valence-electron chi connectivity index (χ3n) is 4.38. The van der Waals surface area contributed by atoms with Crippen LogP contribution in [0.3, 0.4) is 0 Å². The summed E-state index contributed by atoms with van der Waals surface area (Å²) in [5.41, 5.74) is 2.37. The molecule has 0 saturated heterocycles. The van der Waals surface area contributed by atoms with Crippen molar-refractivity contribution in [1.82, 2.24) is 4.98 Å². The van der Waals surface area contributed by atoms with Crippen LogP contribution in [0, 0.1) is 6.92 Å². The molecule has 0 fully saturated rings. The summed E-state index contributed by atoms with van der Waals surface area (Å²) in [7, 11) is 0. The molecule has 0 aliphatic rings. The minimum absolute atomic E-state index is 0.104. The van der Waals surface area contributed by atoms with Gasteiger partial charge in [-0.05, 0) is 43.2 Å². The maximum absolute atomic E-state index is 12.8. The van der Waals surface area contributed by atoms with Crippen LogP contribution in [0.5, 0.6) is 0 Å². The van der Waals surface area contributed by atoms with E-state index in [2.05, 4.69) is 4.98 Å². The van der Waals surface area contributed by atoms with E-state index >= 15 is 0 Å². The second-order valence-electron chi connectivity index (χ2n) is 7.07. The normalized spacial score (nSPS) is 12.1. The molecule has 150 valence electrons. The van der Waals surface area contributed by atoms with Gasteiger partial charge in [0.05, 0.1) is 16.1 Å². The van der Waals surface area contributed by atoms with Crippen LogP contribution in [-0.4, -0.2) is 10.8 Å². The van der Waals surface area contributed by atoms with Crippen molar-refractivity contribution in [2.75, 3.05) is 0 Å². The molecule has 0 N–H and O–H groups in total. The Kier molecular flexibility index (Phi) is 6.03. The van der Waals surface area contributed by atoms with Gasteiger partial charge in [-0.1, -0.05) is 49.7 Å². The average molecular weight is 415 g/mol. The minimum atomic E-state index is -4.37. The predicted octanol–water partition coefficient (Wildman–Crippen LogP) is 7.16. The van der Waals surface area contributed by atoms with Gasteiger partial charge in [-0.15, -0.1) is 11.3 Å². The highest BCUT2D eigenvalue weighted by molar-refractivity contribution is 7.16. The topological polar surface area (TPSA) is 30.0 Å². The van der Waals surface area contributed by atoms with Crippen molar-refractivity contribution in [3.8, 4) is 10.6 Å². The lowest BCUT2D eigenvalue weighted by Gasteiger charge is -2.06. The van der Waals surface area contributed by atoms with Crippen LogP contribution < -0.4 is 0 Å². The number of thiazole rings is 1. The molecule has 0 radical (unpaired) electrons. The molecule has 2 nitrogen and oxygen atoms in total. The number of rotatable bonds is 5. The van der Waals surface area contributed by atoms with Crippen LogP contribution in [0.2, 0.25) is 0 Å². The molecular formula is C23H20F3NOS. The Morgan fingerprint density at radius 1 is 1.10 bits per heavy atom. The van der Waals surface area contributed by atoms with E-state index in [0.29, 0.717) is 16.1 Å². The monoisotopic (exact) mass is 415 g/mol. The summed E-state index contributed by atoms with van der Waals surface area (Å²) in [5.74, 6) is 0.0102. The van der Waals surface area contributed by atoms with Crippen molar-refractivity contribution in [3.05, 3.63) is 81.9 Å². The Hall–Kier alpha value is -2.73. The molecule has 1 heterocycles. The van der Waals surface area contributed by atoms with E-state index in [1.807, 2.05) is 39.0 Å². The summed E-state index contributed by atoms with van der Waals surface area (Å²) < 4.78 is 38.3. The first-order chi connectivity index (χ1) is 13.6. The summed E-state index contributed by atoms with van der Waals surface area (Å²) in [6.07, 6.45) is -1.11. The molecule has 29 heavy (non-hydrogen) atoms. The van der Waals surface area contributed by atoms with E-state index in [9.17, 15) is 18.0 Å². The second kappa shape index (κ2) is 8.33. The zero-order chi connectivity index (χ0) is 21.2. The maximum atomic E-state index is 12.8. The molecule has 0 saturated carbocycles. The number of hydrogen-bond donors (Lipinski definition) is 0. The first kappa shape index (κ1) is 21.0. The van der Waals surface area contributed by atoms with Crippen molar-refractivity contribution in [2.45, 2.75) is 32.9 Å². The Labute approximate surface area is 171 Å². The minimum Gasteiger partial charge on any atom is -0.289 e. The molecule has 0 aliphatic heterocycles. The summed E-state index contributed by atoms with van der Waals surface area (Å²) in [4.78, 5) is 17.9. The highest BCUT2D eigenvalue weighted by Crippen LogP contribution is 2.35. The molecular weight excluding hydrogens is 395 g/mol. The molecule has 0 atom stereocenters. The van der Waals surface area contributed by atoms with Crippen LogP contribution in [-0.2, 0) is 6.18 Å². The molecule has 1 aromatic heterocycles. The van der Waals surface area contributed by atoms with Crippen molar-refractivity contribution in [2.24, 2.45) is 0 Å². The lowest BCUT2D eigenvalue weighted by Crippen LogP contribution is -2.03. The van der Waals surface area contributed by atoms with Crippen molar-refractivity contribution >= 4 is 23.2 Å². The van der Waals surface area contributed by atoms with Crippen LogP contribution in [0.25, 0.3) is 16.6 Å². The SMILES string of the molecule is Cc1cccc(C(=O)C=Cc2sc(-c3ccc(C(F)(F)F)cc3)nc2C(C)C)c1. The van der Waals surface area contributed by atoms with Crippen LogP contribution >= 0.6 is 11.3 Å². The smallest absolute Gasteiger partial charge is 0.289 e. The first-order valence-electron chi connectivity index (χ1n) is 9.12. The van der Waals surface area contributed by atoms with E-state index in [0.717, 1.165) is 28.3 Å². The van der Waals surface area contributed by atoms with E-state index in [-0.39, 0.29) is 11.7 Å². The highest BCUT2D eigenvalue weighted by atomic mass is 32.1. The Balaban J connectivity index is 1.90. The van der Waals surface area contributed by atoms with Gasteiger partial charge in [0, 0.05) is 11.1 Å². The van der Waals surface area contributed by atoms with Crippen LogP contribution in [0.4, 0.5) is 13.2 Å². The van der Waals surface area contributed by atoms with Gasteiger partial charge in [0.1, 0.15) is 5.01 Å². The van der Waals surface area contributed by atoms with Crippen molar-refractivity contribution < 1.29 is 18.0 Å². The van der Waals surface area contributed by atoms with Gasteiger partial charge in [0.25, 0.3) is 0 Å². The fourth-order valence-corrected chi connectivity index (χ4v) is 3.98. The molecule has 6 heteroatoms. The van der Waals surface area contributed by atoms with Gasteiger partial charge in [-0.3, -0.25) is 4.79 Å². The molecule has 3 aromatic rings. The summed E-state index contributed by atoms with van der Waals surface area (Å²) >= 11 is 1.36. The van der Waals surface area contributed by atoms with Gasteiger partial charge in [-0.25, -0.2) is 4.98 Å². The number of nitrogens with zero attached hydrogens (tertiary/aromatic N) is 1. The molecule has 0 spiro atoms. The lowest BCUT2D eigenvalue weighted by atomic mass is 10.1. The van der Waals surface area contributed by atoms with Gasteiger partial charge in [0.2, 0.25) is 0 Å². The Bertz CT molecular complexity index is 1050. The number of ketones is 1. The Morgan fingerprint density at radius 3 is 2.38 bits per heavy atom. The number of aromatic nitrogens is 1. The second-order valence-corrected chi connectivity index (χ2v) is 8.10. The number of hydrogen-bond acceptors (Lipinski definition) is 3. The van der Waals surface area contributed by atoms with Gasteiger partial charge in [0.15, 0.2) is 5.78 Å². The summed E-state index contributed by atoms with van der Waals surface area (Å²) in [6, 6.07) is 12.3. The molecule has 0 unspecified atom stereocenters. The standard InChI is InChI=1S/C23H20F3NOS/c1-14(2)21-20(12-11-19(28)17-6-4-5-15(3)13-17)29-22(27-21)16-7-9-18(10-8-16)23(24,25)26/h4-14H,1-3H3. The molecule has 0 amide bonds. The van der Waals surface area contributed by atoms with E-state index < -0.39 is 11.7 Å². The fraction of sp³-hybridized carbons (Fsp3) is 0.217. The number of alkyl halides is 3. The summed E-state index contributed by atoms with van der Waals surface area (Å²) in [5, 5.41) is 0.630.